The van der Waals surface area contributed by atoms with Gasteiger partial charge in [-0.05, 0) is 24.8 Å². The van der Waals surface area contributed by atoms with E-state index in [9.17, 15) is 0 Å². The SMILES string of the molecule is C=C(C(C)C)C(CCCCC)NCC(C)C. The Kier molecular flexibility index (Phi) is 8.64. The van der Waals surface area contributed by atoms with Gasteiger partial charge in [0.05, 0.1) is 0 Å². The zero-order valence-electron chi connectivity index (χ0n) is 12.0. The normalized spacial score (nSPS) is 13.4. The first kappa shape index (κ1) is 15.7. The Bertz CT molecular complexity index is 182. The van der Waals surface area contributed by atoms with Gasteiger partial charge in [-0.2, -0.15) is 0 Å². The molecular weight excluding hydrogens is 194 g/mol. The number of hydrogen-bond acceptors (Lipinski definition) is 1. The van der Waals surface area contributed by atoms with Crippen molar-refractivity contribution in [1.82, 2.24) is 5.32 Å². The zero-order chi connectivity index (χ0) is 12.6. The first-order valence-corrected chi connectivity index (χ1v) is 6.91. The first-order chi connectivity index (χ1) is 7.49. The average molecular weight is 225 g/mol. The molecule has 0 heterocycles. The van der Waals surface area contributed by atoms with Crippen molar-refractivity contribution in [3.8, 4) is 0 Å². The van der Waals surface area contributed by atoms with E-state index in [1.165, 1.54) is 31.3 Å². The molecule has 0 fully saturated rings. The minimum absolute atomic E-state index is 0.522. The summed E-state index contributed by atoms with van der Waals surface area (Å²) >= 11 is 0. The Balaban J connectivity index is 4.10. The topological polar surface area (TPSA) is 12.0 Å². The second kappa shape index (κ2) is 8.81. The summed E-state index contributed by atoms with van der Waals surface area (Å²) in [6.07, 6.45) is 5.20. The molecule has 0 aliphatic heterocycles. The fraction of sp³-hybridized carbons (Fsp3) is 0.867. The first-order valence-electron chi connectivity index (χ1n) is 6.91. The lowest BCUT2D eigenvalue weighted by molar-refractivity contribution is 0.442. The molecule has 0 saturated carbocycles. The van der Waals surface area contributed by atoms with Crippen LogP contribution in [0.4, 0.5) is 0 Å². The van der Waals surface area contributed by atoms with Crippen molar-refractivity contribution in [3.63, 3.8) is 0 Å². The highest BCUT2D eigenvalue weighted by atomic mass is 14.9. The van der Waals surface area contributed by atoms with Crippen LogP contribution < -0.4 is 5.32 Å². The van der Waals surface area contributed by atoms with E-state index in [0.29, 0.717) is 17.9 Å². The van der Waals surface area contributed by atoms with Gasteiger partial charge in [-0.1, -0.05) is 66.0 Å². The summed E-state index contributed by atoms with van der Waals surface area (Å²) in [7, 11) is 0. The summed E-state index contributed by atoms with van der Waals surface area (Å²) in [4.78, 5) is 0. The molecule has 1 nitrogen and oxygen atoms in total. The van der Waals surface area contributed by atoms with Crippen molar-refractivity contribution < 1.29 is 0 Å². The summed E-state index contributed by atoms with van der Waals surface area (Å²) in [5.41, 5.74) is 1.37. The highest BCUT2D eigenvalue weighted by Gasteiger charge is 2.14. The molecule has 0 rings (SSSR count). The molecule has 0 aliphatic rings. The van der Waals surface area contributed by atoms with Crippen LogP contribution in [0.5, 0.6) is 0 Å². The Morgan fingerprint density at radius 1 is 1.12 bits per heavy atom. The summed E-state index contributed by atoms with van der Waals surface area (Å²) in [6, 6.07) is 0.522. The molecule has 1 heteroatoms. The maximum absolute atomic E-state index is 4.25. The molecule has 0 spiro atoms. The third kappa shape index (κ3) is 7.05. The minimum Gasteiger partial charge on any atom is -0.310 e. The molecule has 96 valence electrons. The van der Waals surface area contributed by atoms with Crippen molar-refractivity contribution in [2.24, 2.45) is 11.8 Å². The lowest BCUT2D eigenvalue weighted by atomic mass is 9.93. The molecule has 0 aliphatic carbocycles. The van der Waals surface area contributed by atoms with E-state index in [2.05, 4.69) is 46.5 Å². The molecule has 1 unspecified atom stereocenters. The van der Waals surface area contributed by atoms with Gasteiger partial charge in [0.25, 0.3) is 0 Å². The Morgan fingerprint density at radius 2 is 1.75 bits per heavy atom. The van der Waals surface area contributed by atoms with Crippen molar-refractivity contribution in [3.05, 3.63) is 12.2 Å². The maximum Gasteiger partial charge on any atom is 0.0279 e. The summed E-state index contributed by atoms with van der Waals surface area (Å²) < 4.78 is 0. The van der Waals surface area contributed by atoms with Crippen LogP contribution in [0.15, 0.2) is 12.2 Å². The number of hydrogen-bond donors (Lipinski definition) is 1. The van der Waals surface area contributed by atoms with Gasteiger partial charge in [0.1, 0.15) is 0 Å². The van der Waals surface area contributed by atoms with Crippen LogP contribution in [0.2, 0.25) is 0 Å². The standard InChI is InChI=1S/C15H31N/c1-7-8-9-10-15(14(6)13(4)5)16-11-12(2)3/h12-13,15-16H,6-11H2,1-5H3. The van der Waals surface area contributed by atoms with Gasteiger partial charge in [0, 0.05) is 6.04 Å². The highest BCUT2D eigenvalue weighted by Crippen LogP contribution is 2.17. The molecule has 0 aromatic rings. The van der Waals surface area contributed by atoms with E-state index in [-0.39, 0.29) is 0 Å². The molecule has 0 aromatic heterocycles. The lowest BCUT2D eigenvalue weighted by Gasteiger charge is -2.24. The predicted molar refractivity (Wildman–Crippen MR) is 74.7 cm³/mol. The minimum atomic E-state index is 0.522. The van der Waals surface area contributed by atoms with Crippen LogP contribution in [0, 0.1) is 11.8 Å². The molecule has 1 atom stereocenters. The maximum atomic E-state index is 4.25. The van der Waals surface area contributed by atoms with E-state index in [4.69, 9.17) is 0 Å². The third-order valence-corrected chi connectivity index (χ3v) is 3.06. The second-order valence-corrected chi connectivity index (χ2v) is 5.58. The molecule has 0 bridgehead atoms. The summed E-state index contributed by atoms with van der Waals surface area (Å²) in [5, 5.41) is 3.66. The van der Waals surface area contributed by atoms with Gasteiger partial charge in [0.15, 0.2) is 0 Å². The van der Waals surface area contributed by atoms with Gasteiger partial charge in [-0.15, -0.1) is 0 Å². The smallest absolute Gasteiger partial charge is 0.0279 e. The van der Waals surface area contributed by atoms with E-state index in [1.54, 1.807) is 0 Å². The molecule has 1 N–H and O–H groups in total. The van der Waals surface area contributed by atoms with Gasteiger partial charge in [-0.25, -0.2) is 0 Å². The molecule has 0 amide bonds. The highest BCUT2D eigenvalue weighted by molar-refractivity contribution is 5.08. The Hall–Kier alpha value is -0.300. The number of rotatable bonds is 9. The van der Waals surface area contributed by atoms with Crippen LogP contribution in [-0.4, -0.2) is 12.6 Å². The van der Waals surface area contributed by atoms with Crippen LogP contribution >= 0.6 is 0 Å². The van der Waals surface area contributed by atoms with Gasteiger partial charge in [-0.3, -0.25) is 0 Å². The predicted octanol–water partition coefficient (Wildman–Crippen LogP) is 4.39. The Morgan fingerprint density at radius 3 is 2.19 bits per heavy atom. The fourth-order valence-electron chi connectivity index (χ4n) is 1.80. The zero-order valence-corrected chi connectivity index (χ0v) is 12.0. The van der Waals surface area contributed by atoms with Gasteiger partial charge < -0.3 is 5.32 Å². The quantitative estimate of drug-likeness (QED) is 0.453. The van der Waals surface area contributed by atoms with E-state index < -0.39 is 0 Å². The van der Waals surface area contributed by atoms with Crippen molar-refractivity contribution in [1.29, 1.82) is 0 Å². The number of nitrogens with one attached hydrogen (secondary N) is 1. The molecule has 0 aromatic carbocycles. The fourth-order valence-corrected chi connectivity index (χ4v) is 1.80. The van der Waals surface area contributed by atoms with Crippen molar-refractivity contribution in [2.45, 2.75) is 66.3 Å². The lowest BCUT2D eigenvalue weighted by Crippen LogP contribution is -2.35. The van der Waals surface area contributed by atoms with Crippen molar-refractivity contribution >= 4 is 0 Å². The molecule has 0 saturated heterocycles. The molecular formula is C15H31N. The van der Waals surface area contributed by atoms with Crippen molar-refractivity contribution in [2.75, 3.05) is 6.54 Å². The van der Waals surface area contributed by atoms with Gasteiger partial charge >= 0.3 is 0 Å². The monoisotopic (exact) mass is 225 g/mol. The second-order valence-electron chi connectivity index (χ2n) is 5.58. The molecule has 0 radical (unpaired) electrons. The Labute approximate surface area is 103 Å². The third-order valence-electron chi connectivity index (χ3n) is 3.06. The van der Waals surface area contributed by atoms with Gasteiger partial charge in [0.2, 0.25) is 0 Å². The van der Waals surface area contributed by atoms with E-state index in [1.807, 2.05) is 0 Å². The van der Waals surface area contributed by atoms with E-state index in [0.717, 1.165) is 6.54 Å². The number of unbranched alkanes of at least 4 members (excludes halogenated alkanes) is 2. The largest absolute Gasteiger partial charge is 0.310 e. The van der Waals surface area contributed by atoms with Crippen LogP contribution in [-0.2, 0) is 0 Å². The average Bonchev–Trinajstić information content (AvgIpc) is 2.21. The van der Waals surface area contributed by atoms with Crippen LogP contribution in [0.3, 0.4) is 0 Å². The molecule has 16 heavy (non-hydrogen) atoms. The van der Waals surface area contributed by atoms with Crippen LogP contribution in [0.1, 0.15) is 60.3 Å². The summed E-state index contributed by atoms with van der Waals surface area (Å²) in [5.74, 6) is 1.31. The van der Waals surface area contributed by atoms with Crippen LogP contribution in [0.25, 0.3) is 0 Å². The van der Waals surface area contributed by atoms with E-state index >= 15 is 0 Å². The summed E-state index contributed by atoms with van der Waals surface area (Å²) in [6.45, 7) is 16.6.